The highest BCUT2D eigenvalue weighted by atomic mass is 19.1. The second-order valence-electron chi connectivity index (χ2n) is 4.18. The highest BCUT2D eigenvalue weighted by molar-refractivity contribution is 5.70. The number of hydrogen-bond donors (Lipinski definition) is 1. The summed E-state index contributed by atoms with van der Waals surface area (Å²) in [4.78, 5) is 10.2. The van der Waals surface area contributed by atoms with Crippen molar-refractivity contribution in [1.82, 2.24) is 0 Å². The zero-order chi connectivity index (χ0) is 10.7. The molecular weight excluding hydrogens is 187 g/mol. The van der Waals surface area contributed by atoms with Gasteiger partial charge in [-0.3, -0.25) is 0 Å². The van der Waals surface area contributed by atoms with Crippen molar-refractivity contribution in [3.63, 3.8) is 0 Å². The van der Waals surface area contributed by atoms with E-state index in [1.165, 1.54) is 0 Å². The summed E-state index contributed by atoms with van der Waals surface area (Å²) < 4.78 is 17.5. The number of rotatable bonds is 3. The largest absolute Gasteiger partial charge is 0.477 e. The number of carboxylic acids is 1. The van der Waals surface area contributed by atoms with Gasteiger partial charge < -0.3 is 9.84 Å². The molecule has 0 spiro atoms. The maximum Gasteiger partial charge on any atom is 0.366 e. The first-order valence-electron chi connectivity index (χ1n) is 5.03. The van der Waals surface area contributed by atoms with Crippen molar-refractivity contribution < 1.29 is 19.0 Å². The van der Waals surface area contributed by atoms with Gasteiger partial charge in [-0.2, -0.15) is 0 Å². The Morgan fingerprint density at radius 1 is 1.43 bits per heavy atom. The quantitative estimate of drug-likeness (QED) is 0.766. The van der Waals surface area contributed by atoms with E-state index in [2.05, 4.69) is 13.8 Å². The molecule has 3 nitrogen and oxygen atoms in total. The van der Waals surface area contributed by atoms with E-state index in [4.69, 9.17) is 9.84 Å². The zero-order valence-corrected chi connectivity index (χ0v) is 8.57. The number of aliphatic carboxylic acids is 1. The van der Waals surface area contributed by atoms with Crippen molar-refractivity contribution in [2.75, 3.05) is 0 Å². The van der Waals surface area contributed by atoms with Gasteiger partial charge in [-0.15, -0.1) is 0 Å². The Bertz CT molecular complexity index is 208. The summed E-state index contributed by atoms with van der Waals surface area (Å²) in [6, 6.07) is 0. The van der Waals surface area contributed by atoms with Crippen molar-refractivity contribution in [3.8, 4) is 0 Å². The van der Waals surface area contributed by atoms with Crippen molar-refractivity contribution >= 4 is 5.97 Å². The van der Waals surface area contributed by atoms with Crippen LogP contribution in [0.15, 0.2) is 0 Å². The Labute approximate surface area is 83.3 Å². The summed E-state index contributed by atoms with van der Waals surface area (Å²) in [5, 5.41) is 8.33. The Morgan fingerprint density at radius 2 is 2.07 bits per heavy atom. The molecule has 0 radical (unpaired) electrons. The highest BCUT2D eigenvalue weighted by Gasteiger charge is 2.29. The lowest BCUT2D eigenvalue weighted by Gasteiger charge is -2.32. The molecule has 0 amide bonds. The molecule has 4 unspecified atom stereocenters. The molecule has 82 valence electrons. The molecule has 0 bridgehead atoms. The minimum atomic E-state index is -2.17. The van der Waals surface area contributed by atoms with Gasteiger partial charge >= 0.3 is 5.97 Å². The van der Waals surface area contributed by atoms with E-state index in [1.54, 1.807) is 0 Å². The van der Waals surface area contributed by atoms with E-state index in [0.717, 1.165) is 19.3 Å². The van der Waals surface area contributed by atoms with E-state index in [1.807, 2.05) is 0 Å². The van der Waals surface area contributed by atoms with Crippen LogP contribution in [0, 0.1) is 11.8 Å². The Morgan fingerprint density at radius 3 is 2.57 bits per heavy atom. The van der Waals surface area contributed by atoms with Gasteiger partial charge in [-0.05, 0) is 31.1 Å². The lowest BCUT2D eigenvalue weighted by atomic mass is 9.80. The first-order chi connectivity index (χ1) is 6.50. The van der Waals surface area contributed by atoms with Crippen molar-refractivity contribution in [3.05, 3.63) is 0 Å². The van der Waals surface area contributed by atoms with Gasteiger partial charge in [-0.25, -0.2) is 9.18 Å². The van der Waals surface area contributed by atoms with E-state index in [0.29, 0.717) is 11.8 Å². The average molecular weight is 204 g/mol. The first kappa shape index (κ1) is 11.4. The van der Waals surface area contributed by atoms with Crippen LogP contribution < -0.4 is 0 Å². The summed E-state index contributed by atoms with van der Waals surface area (Å²) in [7, 11) is 0. The topological polar surface area (TPSA) is 46.5 Å². The maximum absolute atomic E-state index is 12.7. The molecule has 1 aliphatic carbocycles. The lowest BCUT2D eigenvalue weighted by molar-refractivity contribution is -0.173. The predicted octanol–water partition coefficient (Wildman–Crippen LogP) is 2.21. The molecule has 0 heterocycles. The van der Waals surface area contributed by atoms with E-state index < -0.39 is 12.3 Å². The Kier molecular flexibility index (Phi) is 3.86. The fraction of sp³-hybridized carbons (Fsp3) is 0.900. The van der Waals surface area contributed by atoms with Crippen LogP contribution in [0.25, 0.3) is 0 Å². The third-order valence-electron chi connectivity index (χ3n) is 3.06. The molecule has 1 saturated carbocycles. The number of halogens is 1. The van der Waals surface area contributed by atoms with Gasteiger partial charge in [0, 0.05) is 0 Å². The highest BCUT2D eigenvalue weighted by Crippen LogP contribution is 2.31. The van der Waals surface area contributed by atoms with Crippen molar-refractivity contribution in [1.29, 1.82) is 0 Å². The van der Waals surface area contributed by atoms with Gasteiger partial charge in [0.1, 0.15) is 0 Å². The fourth-order valence-corrected chi connectivity index (χ4v) is 1.85. The third-order valence-corrected chi connectivity index (χ3v) is 3.06. The maximum atomic E-state index is 12.7. The van der Waals surface area contributed by atoms with Gasteiger partial charge in [0.05, 0.1) is 6.10 Å². The number of carbonyl (C=O) groups is 1. The molecule has 14 heavy (non-hydrogen) atoms. The van der Waals surface area contributed by atoms with Gasteiger partial charge in [0.25, 0.3) is 6.36 Å². The number of alkyl halides is 1. The molecule has 0 aromatic carbocycles. The molecule has 4 heteroatoms. The Balaban J connectivity index is 2.36. The van der Waals surface area contributed by atoms with Crippen LogP contribution in [-0.4, -0.2) is 23.5 Å². The summed E-state index contributed by atoms with van der Waals surface area (Å²) in [5.41, 5.74) is 0. The second kappa shape index (κ2) is 4.73. The summed E-state index contributed by atoms with van der Waals surface area (Å²) in [6.07, 6.45) is 0.111. The molecular formula is C10H17FO3. The molecule has 0 aliphatic heterocycles. The number of ether oxygens (including phenoxy) is 1. The summed E-state index contributed by atoms with van der Waals surface area (Å²) in [6.45, 7) is 4.25. The normalized spacial score (nSPS) is 35.2. The molecule has 0 aromatic heterocycles. The lowest BCUT2D eigenvalue weighted by Crippen LogP contribution is -2.31. The zero-order valence-electron chi connectivity index (χ0n) is 8.57. The SMILES string of the molecule is CC1CCC(OC(F)C(=O)O)CC1C. The molecule has 1 rings (SSSR count). The van der Waals surface area contributed by atoms with Crippen LogP contribution in [0.4, 0.5) is 4.39 Å². The molecule has 0 aromatic rings. The fourth-order valence-electron chi connectivity index (χ4n) is 1.85. The van der Waals surface area contributed by atoms with Gasteiger partial charge in [0.2, 0.25) is 0 Å². The van der Waals surface area contributed by atoms with Gasteiger partial charge in [0.15, 0.2) is 0 Å². The van der Waals surface area contributed by atoms with Crippen LogP contribution in [0.3, 0.4) is 0 Å². The van der Waals surface area contributed by atoms with Gasteiger partial charge in [-0.1, -0.05) is 13.8 Å². The van der Waals surface area contributed by atoms with Crippen LogP contribution in [0.5, 0.6) is 0 Å². The molecule has 1 aliphatic rings. The van der Waals surface area contributed by atoms with Crippen molar-refractivity contribution in [2.24, 2.45) is 11.8 Å². The van der Waals surface area contributed by atoms with Crippen LogP contribution in [0.2, 0.25) is 0 Å². The van der Waals surface area contributed by atoms with E-state index >= 15 is 0 Å². The second-order valence-corrected chi connectivity index (χ2v) is 4.18. The van der Waals surface area contributed by atoms with E-state index in [-0.39, 0.29) is 6.10 Å². The number of carboxylic acid groups (broad SMARTS) is 1. The Hall–Kier alpha value is -0.640. The minimum Gasteiger partial charge on any atom is -0.477 e. The van der Waals surface area contributed by atoms with Crippen LogP contribution >= 0.6 is 0 Å². The summed E-state index contributed by atoms with van der Waals surface area (Å²) in [5.74, 6) is -0.427. The third kappa shape index (κ3) is 2.94. The number of hydrogen-bond acceptors (Lipinski definition) is 2. The predicted molar refractivity (Wildman–Crippen MR) is 49.6 cm³/mol. The molecule has 1 fully saturated rings. The molecule has 1 N–H and O–H groups in total. The first-order valence-corrected chi connectivity index (χ1v) is 5.03. The molecule has 0 saturated heterocycles. The molecule has 4 atom stereocenters. The van der Waals surface area contributed by atoms with Crippen LogP contribution in [0.1, 0.15) is 33.1 Å². The van der Waals surface area contributed by atoms with Crippen molar-refractivity contribution in [2.45, 2.75) is 45.6 Å². The minimum absolute atomic E-state index is 0.229. The van der Waals surface area contributed by atoms with Crippen LogP contribution in [-0.2, 0) is 9.53 Å². The average Bonchev–Trinajstić information content (AvgIpc) is 2.11. The standard InChI is InChI=1S/C10H17FO3/c1-6-3-4-8(5-7(6)2)14-9(11)10(12)13/h6-9H,3-5H2,1-2H3,(H,12,13). The summed E-state index contributed by atoms with van der Waals surface area (Å²) >= 11 is 0. The smallest absolute Gasteiger partial charge is 0.366 e. The monoisotopic (exact) mass is 204 g/mol. The van der Waals surface area contributed by atoms with E-state index in [9.17, 15) is 9.18 Å².